The first kappa shape index (κ1) is 12.2. The maximum atomic E-state index is 11.8. The second-order valence-corrected chi connectivity index (χ2v) is 5.68. The predicted molar refractivity (Wildman–Crippen MR) is 64.9 cm³/mol. The van der Waals surface area contributed by atoms with Crippen LogP contribution in [0, 0.1) is 5.41 Å². The van der Waals surface area contributed by atoms with E-state index in [1.807, 2.05) is 32.2 Å². The average Bonchev–Trinajstić information content (AvgIpc) is 2.64. The molecule has 0 aliphatic heterocycles. The van der Waals surface area contributed by atoms with Crippen LogP contribution in [0.4, 0.5) is 0 Å². The summed E-state index contributed by atoms with van der Waals surface area (Å²) in [5.41, 5.74) is -0.315. The molecule has 0 aliphatic rings. The third-order valence-corrected chi connectivity index (χ3v) is 3.27. The molecule has 0 saturated carbocycles. The Kier molecular flexibility index (Phi) is 3.91. The zero-order valence-corrected chi connectivity index (χ0v) is 10.6. The SMILES string of the molecule is CCC(NC(=O)C(C)(C)C)c1cccs1. The summed E-state index contributed by atoms with van der Waals surface area (Å²) in [4.78, 5) is 13.1. The molecule has 1 heterocycles. The van der Waals surface area contributed by atoms with E-state index in [1.165, 1.54) is 4.88 Å². The van der Waals surface area contributed by atoms with Gasteiger partial charge < -0.3 is 5.32 Å². The Bertz CT molecular complexity index is 311. The Morgan fingerprint density at radius 3 is 2.60 bits per heavy atom. The van der Waals surface area contributed by atoms with Crippen molar-refractivity contribution in [2.75, 3.05) is 0 Å². The number of carbonyl (C=O) groups is 1. The molecule has 1 rings (SSSR count). The summed E-state index contributed by atoms with van der Waals surface area (Å²) in [6.07, 6.45) is 0.933. The zero-order chi connectivity index (χ0) is 11.5. The van der Waals surface area contributed by atoms with Crippen LogP contribution in [0.3, 0.4) is 0 Å². The molecule has 3 heteroatoms. The van der Waals surface area contributed by atoms with Gasteiger partial charge in [0.15, 0.2) is 0 Å². The highest BCUT2D eigenvalue weighted by Gasteiger charge is 2.24. The number of rotatable bonds is 3. The lowest BCUT2D eigenvalue weighted by Crippen LogP contribution is -2.36. The minimum Gasteiger partial charge on any atom is -0.348 e. The van der Waals surface area contributed by atoms with E-state index >= 15 is 0 Å². The van der Waals surface area contributed by atoms with Crippen molar-refractivity contribution in [2.24, 2.45) is 5.41 Å². The molecule has 0 saturated heterocycles. The van der Waals surface area contributed by atoms with Crippen LogP contribution in [-0.2, 0) is 4.79 Å². The van der Waals surface area contributed by atoms with Gasteiger partial charge in [-0.25, -0.2) is 0 Å². The number of hydrogen-bond donors (Lipinski definition) is 1. The van der Waals surface area contributed by atoms with Gasteiger partial charge in [-0.3, -0.25) is 4.79 Å². The topological polar surface area (TPSA) is 29.1 Å². The van der Waals surface area contributed by atoms with Crippen LogP contribution in [0.1, 0.15) is 45.0 Å². The van der Waals surface area contributed by atoms with Gasteiger partial charge in [0, 0.05) is 10.3 Å². The predicted octanol–water partition coefficient (Wildman–Crippen LogP) is 3.36. The van der Waals surface area contributed by atoms with E-state index in [-0.39, 0.29) is 17.4 Å². The quantitative estimate of drug-likeness (QED) is 0.839. The van der Waals surface area contributed by atoms with E-state index < -0.39 is 0 Å². The lowest BCUT2D eigenvalue weighted by atomic mass is 9.95. The monoisotopic (exact) mass is 225 g/mol. The smallest absolute Gasteiger partial charge is 0.225 e. The van der Waals surface area contributed by atoms with E-state index in [0.29, 0.717) is 0 Å². The Morgan fingerprint density at radius 1 is 1.53 bits per heavy atom. The van der Waals surface area contributed by atoms with Crippen LogP contribution >= 0.6 is 11.3 Å². The van der Waals surface area contributed by atoms with Crippen molar-refractivity contribution in [1.29, 1.82) is 0 Å². The van der Waals surface area contributed by atoms with E-state index in [0.717, 1.165) is 6.42 Å². The summed E-state index contributed by atoms with van der Waals surface area (Å²) in [6.45, 7) is 7.89. The molecule has 2 nitrogen and oxygen atoms in total. The second-order valence-electron chi connectivity index (χ2n) is 4.70. The zero-order valence-electron chi connectivity index (χ0n) is 9.83. The summed E-state index contributed by atoms with van der Waals surface area (Å²) in [5, 5.41) is 5.12. The number of hydrogen-bond acceptors (Lipinski definition) is 2. The van der Waals surface area contributed by atoms with Gasteiger partial charge in [0.2, 0.25) is 5.91 Å². The highest BCUT2D eigenvalue weighted by molar-refractivity contribution is 7.10. The third-order valence-electron chi connectivity index (χ3n) is 2.28. The lowest BCUT2D eigenvalue weighted by Gasteiger charge is -2.22. The van der Waals surface area contributed by atoms with Crippen LogP contribution in [0.15, 0.2) is 17.5 Å². The van der Waals surface area contributed by atoms with Gasteiger partial charge in [-0.1, -0.05) is 33.8 Å². The molecule has 84 valence electrons. The molecule has 0 bridgehead atoms. The summed E-state index contributed by atoms with van der Waals surface area (Å²) in [7, 11) is 0. The highest BCUT2D eigenvalue weighted by Crippen LogP contribution is 2.23. The summed E-state index contributed by atoms with van der Waals surface area (Å²) < 4.78 is 0. The third kappa shape index (κ3) is 3.34. The van der Waals surface area contributed by atoms with Crippen molar-refractivity contribution >= 4 is 17.2 Å². The van der Waals surface area contributed by atoms with Crippen molar-refractivity contribution in [3.63, 3.8) is 0 Å². The Morgan fingerprint density at radius 2 is 2.20 bits per heavy atom. The van der Waals surface area contributed by atoms with Crippen molar-refractivity contribution in [3.8, 4) is 0 Å². The minimum absolute atomic E-state index is 0.114. The maximum absolute atomic E-state index is 11.8. The maximum Gasteiger partial charge on any atom is 0.225 e. The Hall–Kier alpha value is -0.830. The fourth-order valence-electron chi connectivity index (χ4n) is 1.24. The number of amides is 1. The number of nitrogens with one attached hydrogen (secondary N) is 1. The largest absolute Gasteiger partial charge is 0.348 e. The van der Waals surface area contributed by atoms with Gasteiger partial charge >= 0.3 is 0 Å². The molecule has 1 atom stereocenters. The van der Waals surface area contributed by atoms with Crippen LogP contribution in [0.5, 0.6) is 0 Å². The average molecular weight is 225 g/mol. The van der Waals surface area contributed by atoms with Gasteiger partial charge in [0.25, 0.3) is 0 Å². The molecule has 1 aromatic rings. The minimum atomic E-state index is -0.315. The molecular weight excluding hydrogens is 206 g/mol. The standard InChI is InChI=1S/C12H19NOS/c1-5-9(10-7-6-8-15-10)13-11(14)12(2,3)4/h6-9H,5H2,1-4H3,(H,13,14). The number of thiophene rings is 1. The lowest BCUT2D eigenvalue weighted by molar-refractivity contribution is -0.129. The van der Waals surface area contributed by atoms with Gasteiger partial charge in [-0.15, -0.1) is 11.3 Å². The molecule has 0 fully saturated rings. The highest BCUT2D eigenvalue weighted by atomic mass is 32.1. The summed E-state index contributed by atoms with van der Waals surface area (Å²) >= 11 is 1.69. The normalized spacial score (nSPS) is 13.6. The second kappa shape index (κ2) is 4.79. The van der Waals surface area contributed by atoms with Crippen LogP contribution in [0.2, 0.25) is 0 Å². The van der Waals surface area contributed by atoms with Crippen LogP contribution in [-0.4, -0.2) is 5.91 Å². The van der Waals surface area contributed by atoms with Gasteiger partial charge in [-0.05, 0) is 17.9 Å². The van der Waals surface area contributed by atoms with Crippen molar-refractivity contribution in [2.45, 2.75) is 40.2 Å². The van der Waals surface area contributed by atoms with Crippen molar-refractivity contribution < 1.29 is 4.79 Å². The van der Waals surface area contributed by atoms with E-state index in [9.17, 15) is 4.79 Å². The van der Waals surface area contributed by atoms with Crippen molar-refractivity contribution in [3.05, 3.63) is 22.4 Å². The molecule has 0 aliphatic carbocycles. The van der Waals surface area contributed by atoms with E-state index in [2.05, 4.69) is 18.3 Å². The first-order chi connectivity index (χ1) is 6.95. The van der Waals surface area contributed by atoms with Crippen molar-refractivity contribution in [1.82, 2.24) is 5.32 Å². The molecule has 1 N–H and O–H groups in total. The molecule has 0 aromatic carbocycles. The fraction of sp³-hybridized carbons (Fsp3) is 0.583. The Labute approximate surface area is 95.7 Å². The summed E-state index contributed by atoms with van der Waals surface area (Å²) in [5.74, 6) is 0.114. The Balaban J connectivity index is 2.67. The van der Waals surface area contributed by atoms with Crippen LogP contribution in [0.25, 0.3) is 0 Å². The summed E-state index contributed by atoms with van der Waals surface area (Å²) in [6, 6.07) is 4.25. The molecule has 1 aromatic heterocycles. The van der Waals surface area contributed by atoms with E-state index in [4.69, 9.17) is 0 Å². The van der Waals surface area contributed by atoms with Crippen LogP contribution < -0.4 is 5.32 Å². The van der Waals surface area contributed by atoms with Gasteiger partial charge in [0.1, 0.15) is 0 Å². The number of carbonyl (C=O) groups excluding carboxylic acids is 1. The van der Waals surface area contributed by atoms with Gasteiger partial charge in [0.05, 0.1) is 6.04 Å². The first-order valence-corrected chi connectivity index (χ1v) is 6.17. The van der Waals surface area contributed by atoms with E-state index in [1.54, 1.807) is 11.3 Å². The molecule has 15 heavy (non-hydrogen) atoms. The fourth-order valence-corrected chi connectivity index (χ4v) is 2.10. The van der Waals surface area contributed by atoms with Gasteiger partial charge in [-0.2, -0.15) is 0 Å². The first-order valence-electron chi connectivity index (χ1n) is 5.29. The molecule has 0 spiro atoms. The molecule has 1 unspecified atom stereocenters. The molecular formula is C12H19NOS. The molecule has 0 radical (unpaired) electrons. The molecule has 1 amide bonds.